The summed E-state index contributed by atoms with van der Waals surface area (Å²) in [7, 11) is 0. The Morgan fingerprint density at radius 3 is 1.21 bits per heavy atom. The molecule has 0 spiro atoms. The van der Waals surface area contributed by atoms with E-state index in [-0.39, 0.29) is 5.92 Å². The summed E-state index contributed by atoms with van der Waals surface area (Å²) in [5.74, 6) is 0.0270. The van der Waals surface area contributed by atoms with Crippen LogP contribution in [0.4, 0.5) is 0 Å². The van der Waals surface area contributed by atoms with Crippen LogP contribution in [0.2, 0.25) is 0 Å². The molecule has 0 bridgehead atoms. The number of hydrogen-bond donors (Lipinski definition) is 0. The molecule has 1 atom stereocenters. The van der Waals surface area contributed by atoms with Crippen molar-refractivity contribution >= 4 is 21.9 Å². The number of benzene rings is 10. The predicted molar refractivity (Wildman–Crippen MR) is 260 cm³/mol. The molecule has 0 aliphatic carbocycles. The Morgan fingerprint density at radius 1 is 0.242 bits per heavy atom. The van der Waals surface area contributed by atoms with E-state index in [0.717, 1.165) is 33.1 Å². The van der Waals surface area contributed by atoms with Gasteiger partial charge in [-0.15, -0.1) is 0 Å². The van der Waals surface area contributed by atoms with E-state index in [4.69, 9.17) is 4.42 Å². The SMILES string of the molecule is c1ccc(-c2ccc(-c3ccc(C(c4ccc(-c5cccc(-c6ccccc6)c5)cc4)c4cccc(-c5ccc(-c6cccc7c6oc6ccccc67)cc5)c4)cc3)cc2)cc1. The van der Waals surface area contributed by atoms with Gasteiger partial charge in [0.1, 0.15) is 11.2 Å². The second kappa shape index (κ2) is 16.2. The van der Waals surface area contributed by atoms with Crippen LogP contribution in [0.15, 0.2) is 253 Å². The summed E-state index contributed by atoms with van der Waals surface area (Å²) < 4.78 is 6.39. The van der Waals surface area contributed by atoms with Crippen LogP contribution in [0.5, 0.6) is 0 Å². The highest BCUT2D eigenvalue weighted by molar-refractivity contribution is 6.09. The molecule has 0 N–H and O–H groups in total. The van der Waals surface area contributed by atoms with Crippen molar-refractivity contribution in [2.75, 3.05) is 0 Å². The highest BCUT2D eigenvalue weighted by Crippen LogP contribution is 2.39. The lowest BCUT2D eigenvalue weighted by atomic mass is 9.83. The number of para-hydroxylation sites is 2. The summed E-state index contributed by atoms with van der Waals surface area (Å²) in [6.45, 7) is 0. The Hall–Kier alpha value is -8.00. The zero-order chi connectivity index (χ0) is 41.2. The number of furan rings is 1. The van der Waals surface area contributed by atoms with Crippen molar-refractivity contribution in [2.45, 2.75) is 5.92 Å². The minimum Gasteiger partial charge on any atom is -0.455 e. The van der Waals surface area contributed by atoms with Crippen molar-refractivity contribution in [1.82, 2.24) is 0 Å². The van der Waals surface area contributed by atoms with E-state index >= 15 is 0 Å². The summed E-state index contributed by atoms with van der Waals surface area (Å²) in [6, 6.07) is 89.9. The van der Waals surface area contributed by atoms with Crippen molar-refractivity contribution < 1.29 is 4.42 Å². The smallest absolute Gasteiger partial charge is 0.143 e. The summed E-state index contributed by atoms with van der Waals surface area (Å²) in [5.41, 5.74) is 19.9. The average Bonchev–Trinajstić information content (AvgIpc) is 3.75. The van der Waals surface area contributed by atoms with Gasteiger partial charge in [0, 0.05) is 22.3 Å². The lowest BCUT2D eigenvalue weighted by Gasteiger charge is -2.21. The second-order valence-electron chi connectivity index (χ2n) is 16.1. The minimum atomic E-state index is 0.0270. The molecule has 0 amide bonds. The van der Waals surface area contributed by atoms with Gasteiger partial charge >= 0.3 is 0 Å². The number of rotatable bonds is 9. The van der Waals surface area contributed by atoms with Gasteiger partial charge in [-0.05, 0) is 90.0 Å². The first-order chi connectivity index (χ1) is 30.7. The van der Waals surface area contributed by atoms with Crippen LogP contribution in [-0.4, -0.2) is 0 Å². The van der Waals surface area contributed by atoms with Gasteiger partial charge in [0.25, 0.3) is 0 Å². The first kappa shape index (κ1) is 37.0. The van der Waals surface area contributed by atoms with Gasteiger partial charge in [0.15, 0.2) is 0 Å². The summed E-state index contributed by atoms with van der Waals surface area (Å²) in [5, 5.41) is 2.29. The molecule has 292 valence electrons. The normalized spacial score (nSPS) is 11.8. The van der Waals surface area contributed by atoms with E-state index in [0.29, 0.717) is 0 Å². The van der Waals surface area contributed by atoms with Gasteiger partial charge in [-0.1, -0.05) is 237 Å². The quantitative estimate of drug-likeness (QED) is 0.133. The monoisotopic (exact) mass is 790 g/mol. The van der Waals surface area contributed by atoms with Crippen LogP contribution < -0.4 is 0 Å². The molecule has 1 unspecified atom stereocenters. The highest BCUT2D eigenvalue weighted by atomic mass is 16.3. The van der Waals surface area contributed by atoms with Crippen LogP contribution in [0.3, 0.4) is 0 Å². The lowest BCUT2D eigenvalue weighted by molar-refractivity contribution is 0.670. The maximum atomic E-state index is 6.39. The fourth-order valence-electron chi connectivity index (χ4n) is 9.02. The van der Waals surface area contributed by atoms with E-state index in [1.54, 1.807) is 0 Å². The molecule has 0 saturated carbocycles. The highest BCUT2D eigenvalue weighted by Gasteiger charge is 2.19. The largest absolute Gasteiger partial charge is 0.455 e. The van der Waals surface area contributed by atoms with Gasteiger partial charge < -0.3 is 4.42 Å². The molecule has 11 rings (SSSR count). The average molecular weight is 791 g/mol. The van der Waals surface area contributed by atoms with E-state index in [1.165, 1.54) is 72.3 Å². The Balaban J connectivity index is 0.936. The van der Waals surface area contributed by atoms with Crippen LogP contribution in [0.25, 0.3) is 88.7 Å². The Kier molecular flexibility index (Phi) is 9.69. The number of fused-ring (bicyclic) bond motifs is 3. The van der Waals surface area contributed by atoms with Crippen molar-refractivity contribution in [3.8, 4) is 66.8 Å². The van der Waals surface area contributed by atoms with E-state index in [1.807, 2.05) is 12.1 Å². The predicted octanol–water partition coefficient (Wildman–Crippen LogP) is 16.8. The van der Waals surface area contributed by atoms with Crippen molar-refractivity contribution in [1.29, 1.82) is 0 Å². The van der Waals surface area contributed by atoms with Crippen molar-refractivity contribution in [2.24, 2.45) is 0 Å². The molecule has 1 aromatic heterocycles. The fraction of sp³-hybridized carbons (Fsp3) is 0.0164. The molecule has 0 aliphatic heterocycles. The molecule has 0 aliphatic rings. The van der Waals surface area contributed by atoms with Gasteiger partial charge in [-0.25, -0.2) is 0 Å². The van der Waals surface area contributed by atoms with E-state index < -0.39 is 0 Å². The third kappa shape index (κ3) is 7.21. The van der Waals surface area contributed by atoms with Crippen molar-refractivity contribution in [3.63, 3.8) is 0 Å². The lowest BCUT2D eigenvalue weighted by Crippen LogP contribution is -2.04. The second-order valence-corrected chi connectivity index (χ2v) is 16.1. The van der Waals surface area contributed by atoms with Crippen molar-refractivity contribution in [3.05, 3.63) is 265 Å². The summed E-state index contributed by atoms with van der Waals surface area (Å²) in [4.78, 5) is 0. The van der Waals surface area contributed by atoms with Gasteiger partial charge in [0.05, 0.1) is 0 Å². The summed E-state index contributed by atoms with van der Waals surface area (Å²) in [6.07, 6.45) is 0. The molecule has 11 aromatic rings. The zero-order valence-corrected chi connectivity index (χ0v) is 34.2. The van der Waals surface area contributed by atoms with Crippen LogP contribution in [0, 0.1) is 0 Å². The molecule has 0 saturated heterocycles. The van der Waals surface area contributed by atoms with Gasteiger partial charge in [-0.3, -0.25) is 0 Å². The Bertz CT molecular complexity index is 3290. The third-order valence-electron chi connectivity index (χ3n) is 12.3. The molecular weight excluding hydrogens is 749 g/mol. The van der Waals surface area contributed by atoms with Crippen LogP contribution in [0.1, 0.15) is 22.6 Å². The summed E-state index contributed by atoms with van der Waals surface area (Å²) >= 11 is 0. The molecule has 10 aromatic carbocycles. The van der Waals surface area contributed by atoms with Crippen LogP contribution >= 0.6 is 0 Å². The van der Waals surface area contributed by atoms with E-state index in [9.17, 15) is 0 Å². The van der Waals surface area contributed by atoms with Gasteiger partial charge in [0.2, 0.25) is 0 Å². The molecular formula is C61H42O. The standard InChI is InChI=1S/C61H42O/c1-3-12-42(13-4-1)44-24-26-45(27-25-44)46-30-36-50(37-31-46)60(51-38-32-48(33-39-51)53-17-9-16-52(40-53)43-14-5-2-6-15-43)55-19-10-18-54(41-55)47-28-34-49(35-29-47)56-21-11-22-58-57-20-7-8-23-59(57)62-61(56)58/h1-41,60H. The van der Waals surface area contributed by atoms with Gasteiger partial charge in [-0.2, -0.15) is 0 Å². The van der Waals surface area contributed by atoms with E-state index in [2.05, 4.69) is 237 Å². The number of hydrogen-bond acceptors (Lipinski definition) is 1. The maximum Gasteiger partial charge on any atom is 0.143 e. The molecule has 1 heterocycles. The molecule has 0 fully saturated rings. The molecule has 0 radical (unpaired) electrons. The first-order valence-electron chi connectivity index (χ1n) is 21.3. The maximum absolute atomic E-state index is 6.39. The first-order valence-corrected chi connectivity index (χ1v) is 21.3. The molecule has 1 nitrogen and oxygen atoms in total. The fourth-order valence-corrected chi connectivity index (χ4v) is 9.02. The zero-order valence-electron chi connectivity index (χ0n) is 34.2. The Labute approximate surface area is 362 Å². The molecule has 62 heavy (non-hydrogen) atoms. The van der Waals surface area contributed by atoms with Crippen LogP contribution in [-0.2, 0) is 0 Å². The Morgan fingerprint density at radius 2 is 0.629 bits per heavy atom. The minimum absolute atomic E-state index is 0.0270. The topological polar surface area (TPSA) is 13.1 Å². The molecule has 1 heteroatoms. The third-order valence-corrected chi connectivity index (χ3v) is 12.3.